The third-order valence-corrected chi connectivity index (χ3v) is 7.19. The van der Waals surface area contributed by atoms with E-state index in [9.17, 15) is 8.60 Å². The van der Waals surface area contributed by atoms with E-state index in [1.165, 1.54) is 12.1 Å². The number of aromatic nitrogens is 3. The molecule has 32 heavy (non-hydrogen) atoms. The van der Waals surface area contributed by atoms with Gasteiger partial charge in [-0.15, -0.1) is 0 Å². The second-order valence-corrected chi connectivity index (χ2v) is 9.68. The summed E-state index contributed by atoms with van der Waals surface area (Å²) in [6.07, 6.45) is 8.17. The molecule has 0 N–H and O–H groups in total. The number of imidazole rings is 1. The summed E-state index contributed by atoms with van der Waals surface area (Å²) in [6.45, 7) is 3.02. The minimum atomic E-state index is -1.14. The Labute approximate surface area is 194 Å². The molecule has 0 aliphatic heterocycles. The summed E-state index contributed by atoms with van der Waals surface area (Å²) in [5, 5.41) is 0.939. The van der Waals surface area contributed by atoms with Crippen LogP contribution in [0.25, 0.3) is 22.4 Å². The fourth-order valence-electron chi connectivity index (χ4n) is 3.57. The highest BCUT2D eigenvalue weighted by Crippen LogP contribution is 2.31. The lowest BCUT2D eigenvalue weighted by atomic mass is 10.0. The van der Waals surface area contributed by atoms with Gasteiger partial charge in [-0.25, -0.2) is 9.37 Å². The second kappa shape index (κ2) is 10.2. The van der Waals surface area contributed by atoms with Gasteiger partial charge < -0.3 is 4.57 Å². The average Bonchev–Trinajstić information content (AvgIpc) is 3.21. The Morgan fingerprint density at radius 3 is 2.41 bits per heavy atom. The average molecular weight is 466 g/mol. The van der Waals surface area contributed by atoms with E-state index in [-0.39, 0.29) is 5.82 Å². The van der Waals surface area contributed by atoms with E-state index in [0.717, 1.165) is 51.0 Å². The number of thioether (sulfide) groups is 1. The van der Waals surface area contributed by atoms with Crippen LogP contribution in [-0.2, 0) is 23.1 Å². The molecule has 2 heterocycles. The van der Waals surface area contributed by atoms with Crippen molar-refractivity contribution >= 4 is 22.6 Å². The lowest BCUT2D eigenvalue weighted by molar-refractivity contribution is 0.626. The van der Waals surface area contributed by atoms with E-state index in [0.29, 0.717) is 5.75 Å². The van der Waals surface area contributed by atoms with Gasteiger partial charge in [0.15, 0.2) is 5.16 Å². The van der Waals surface area contributed by atoms with Crippen molar-refractivity contribution in [2.24, 2.45) is 0 Å². The van der Waals surface area contributed by atoms with Crippen molar-refractivity contribution in [3.05, 3.63) is 84.6 Å². The molecule has 0 saturated carbocycles. The molecule has 0 bridgehead atoms. The zero-order chi connectivity index (χ0) is 22.5. The highest BCUT2D eigenvalue weighted by molar-refractivity contribution is 7.98. The van der Waals surface area contributed by atoms with Crippen LogP contribution < -0.4 is 0 Å². The van der Waals surface area contributed by atoms with Crippen LogP contribution in [0.15, 0.2) is 83.2 Å². The Hall–Kier alpha value is -2.77. The van der Waals surface area contributed by atoms with Crippen LogP contribution in [0.1, 0.15) is 18.9 Å². The molecule has 1 atom stereocenters. The Kier molecular flexibility index (Phi) is 7.17. The monoisotopic (exact) mass is 465 g/mol. The Morgan fingerprint density at radius 1 is 1.00 bits per heavy atom. The number of rotatable bonds is 8. The molecule has 0 aliphatic rings. The minimum Gasteiger partial charge on any atom is -0.319 e. The van der Waals surface area contributed by atoms with E-state index in [1.807, 2.05) is 36.5 Å². The molecule has 0 fully saturated rings. The fraction of sp³-hybridized carbons (Fsp3) is 0.200. The van der Waals surface area contributed by atoms with Crippen LogP contribution in [0, 0.1) is 5.82 Å². The van der Waals surface area contributed by atoms with Gasteiger partial charge in [0.2, 0.25) is 0 Å². The third kappa shape index (κ3) is 5.00. The maximum atomic E-state index is 13.3. The van der Waals surface area contributed by atoms with Crippen molar-refractivity contribution < 1.29 is 8.60 Å². The van der Waals surface area contributed by atoms with E-state index in [4.69, 9.17) is 0 Å². The molecule has 0 saturated heterocycles. The molecule has 1 unspecified atom stereocenters. The summed E-state index contributed by atoms with van der Waals surface area (Å²) in [4.78, 5) is 9.57. The molecule has 2 aromatic heterocycles. The summed E-state index contributed by atoms with van der Waals surface area (Å²) < 4.78 is 28.0. The lowest BCUT2D eigenvalue weighted by Gasteiger charge is -2.13. The van der Waals surface area contributed by atoms with Gasteiger partial charge in [0.05, 0.1) is 22.7 Å². The predicted octanol–water partition coefficient (Wildman–Crippen LogP) is 6.19. The first-order valence-electron chi connectivity index (χ1n) is 10.4. The number of hydrogen-bond acceptors (Lipinski definition) is 4. The van der Waals surface area contributed by atoms with E-state index in [2.05, 4.69) is 21.5 Å². The number of halogens is 1. The molecule has 4 nitrogen and oxygen atoms in total. The predicted molar refractivity (Wildman–Crippen MR) is 129 cm³/mol. The standard InChI is InChI=1S/C25H24FN3OS2/c1-3-14-29-23(19-10-12-27-13-11-19)16-28-25(29)31-17-21-5-4-20(15-24(21)32(2)30)18-6-8-22(26)9-7-18/h4-13,15-16H,3,14,17H2,1-2H3. The van der Waals surface area contributed by atoms with Crippen molar-refractivity contribution in [1.29, 1.82) is 0 Å². The first-order valence-corrected chi connectivity index (χ1v) is 12.9. The van der Waals surface area contributed by atoms with Crippen molar-refractivity contribution in [3.8, 4) is 22.4 Å². The van der Waals surface area contributed by atoms with Gasteiger partial charge in [-0.05, 0) is 53.4 Å². The van der Waals surface area contributed by atoms with Gasteiger partial charge in [-0.1, -0.05) is 43.0 Å². The van der Waals surface area contributed by atoms with Gasteiger partial charge in [0.25, 0.3) is 0 Å². The zero-order valence-electron chi connectivity index (χ0n) is 18.0. The van der Waals surface area contributed by atoms with Crippen LogP contribution in [0.5, 0.6) is 0 Å². The zero-order valence-corrected chi connectivity index (χ0v) is 19.6. The first-order chi connectivity index (χ1) is 15.6. The molecule has 164 valence electrons. The van der Waals surface area contributed by atoms with Gasteiger partial charge in [0, 0.05) is 41.4 Å². The molecule has 2 aromatic carbocycles. The van der Waals surface area contributed by atoms with Crippen molar-refractivity contribution in [3.63, 3.8) is 0 Å². The quantitative estimate of drug-likeness (QED) is 0.291. The molecular weight excluding hydrogens is 441 g/mol. The highest BCUT2D eigenvalue weighted by atomic mass is 32.2. The van der Waals surface area contributed by atoms with E-state index in [1.54, 1.807) is 42.5 Å². The Bertz CT molecular complexity index is 1220. The number of benzene rings is 2. The molecular formula is C25H24FN3OS2. The largest absolute Gasteiger partial charge is 0.319 e. The SMILES string of the molecule is CCCn1c(-c2ccncc2)cnc1SCc1ccc(-c2ccc(F)cc2)cc1S(C)=O. The third-order valence-electron chi connectivity index (χ3n) is 5.15. The summed E-state index contributed by atoms with van der Waals surface area (Å²) >= 11 is 1.64. The first kappa shape index (κ1) is 22.4. The van der Waals surface area contributed by atoms with Gasteiger partial charge in [-0.2, -0.15) is 0 Å². The molecule has 4 rings (SSSR count). The van der Waals surface area contributed by atoms with Gasteiger partial charge in [-0.3, -0.25) is 9.19 Å². The van der Waals surface area contributed by atoms with Crippen LogP contribution >= 0.6 is 11.8 Å². The molecule has 0 aliphatic carbocycles. The van der Waals surface area contributed by atoms with Crippen LogP contribution in [0.3, 0.4) is 0 Å². The number of hydrogen-bond donors (Lipinski definition) is 0. The second-order valence-electron chi connectivity index (χ2n) is 7.39. The topological polar surface area (TPSA) is 47.8 Å². The van der Waals surface area contributed by atoms with Crippen molar-refractivity contribution in [2.45, 2.75) is 35.7 Å². The maximum absolute atomic E-state index is 13.3. The highest BCUT2D eigenvalue weighted by Gasteiger charge is 2.14. The molecule has 0 amide bonds. The fourth-order valence-corrected chi connectivity index (χ4v) is 5.48. The molecule has 0 spiro atoms. The summed E-state index contributed by atoms with van der Waals surface area (Å²) in [7, 11) is -1.14. The van der Waals surface area contributed by atoms with Gasteiger partial charge in [0.1, 0.15) is 5.82 Å². The molecule has 7 heteroatoms. The lowest BCUT2D eigenvalue weighted by Crippen LogP contribution is -2.02. The van der Waals surface area contributed by atoms with Gasteiger partial charge >= 0.3 is 0 Å². The van der Waals surface area contributed by atoms with E-state index >= 15 is 0 Å². The van der Waals surface area contributed by atoms with Crippen LogP contribution in [-0.4, -0.2) is 25.0 Å². The molecule has 0 radical (unpaired) electrons. The summed E-state index contributed by atoms with van der Waals surface area (Å²) in [6, 6.07) is 16.3. The number of nitrogens with zero attached hydrogens (tertiary/aromatic N) is 3. The van der Waals surface area contributed by atoms with Crippen molar-refractivity contribution in [2.75, 3.05) is 6.26 Å². The Morgan fingerprint density at radius 2 is 1.72 bits per heavy atom. The normalized spacial score (nSPS) is 12.1. The minimum absolute atomic E-state index is 0.269. The Balaban J connectivity index is 1.60. The summed E-state index contributed by atoms with van der Waals surface area (Å²) in [5.41, 5.74) is 5.00. The maximum Gasteiger partial charge on any atom is 0.168 e. The van der Waals surface area contributed by atoms with Crippen LogP contribution in [0.4, 0.5) is 4.39 Å². The number of pyridine rings is 1. The van der Waals surface area contributed by atoms with Crippen LogP contribution in [0.2, 0.25) is 0 Å². The van der Waals surface area contributed by atoms with Crippen molar-refractivity contribution in [1.82, 2.24) is 14.5 Å². The smallest absolute Gasteiger partial charge is 0.168 e. The van der Waals surface area contributed by atoms with E-state index < -0.39 is 10.8 Å². The summed E-state index contributed by atoms with van der Waals surface area (Å²) in [5.74, 6) is 0.393. The molecule has 4 aromatic rings.